The Balaban J connectivity index is 1.91. The molecule has 0 bridgehead atoms. The van der Waals surface area contributed by atoms with Crippen molar-refractivity contribution in [3.63, 3.8) is 0 Å². The molecule has 21 heavy (non-hydrogen) atoms. The third-order valence-electron chi connectivity index (χ3n) is 3.46. The van der Waals surface area contributed by atoms with Crippen LogP contribution in [-0.2, 0) is 6.54 Å². The summed E-state index contributed by atoms with van der Waals surface area (Å²) in [7, 11) is 0. The molecule has 3 nitrogen and oxygen atoms in total. The number of amidine groups is 1. The monoisotopic (exact) mass is 300 g/mol. The van der Waals surface area contributed by atoms with Crippen LogP contribution >= 0.6 is 11.6 Å². The summed E-state index contributed by atoms with van der Waals surface area (Å²) < 4.78 is 5.48. The predicted octanol–water partition coefficient (Wildman–Crippen LogP) is 4.37. The SMILES string of the molecule is CCOc1ccc(N2Cc3ccccc3N=C2CCl)cc1. The van der Waals surface area contributed by atoms with Crippen LogP contribution in [-0.4, -0.2) is 18.3 Å². The smallest absolute Gasteiger partial charge is 0.125 e. The lowest BCUT2D eigenvalue weighted by Crippen LogP contribution is -2.33. The second-order valence-corrected chi connectivity index (χ2v) is 5.07. The van der Waals surface area contributed by atoms with Gasteiger partial charge < -0.3 is 9.64 Å². The lowest BCUT2D eigenvalue weighted by atomic mass is 10.1. The highest BCUT2D eigenvalue weighted by Crippen LogP contribution is 2.30. The third-order valence-corrected chi connectivity index (χ3v) is 3.70. The summed E-state index contributed by atoms with van der Waals surface area (Å²) in [4.78, 5) is 6.80. The van der Waals surface area contributed by atoms with Crippen molar-refractivity contribution in [3.05, 3.63) is 54.1 Å². The summed E-state index contributed by atoms with van der Waals surface area (Å²) in [6.07, 6.45) is 0. The molecule has 0 fully saturated rings. The van der Waals surface area contributed by atoms with Crippen LogP contribution in [0.25, 0.3) is 0 Å². The van der Waals surface area contributed by atoms with Gasteiger partial charge in [-0.05, 0) is 42.8 Å². The van der Waals surface area contributed by atoms with Crippen molar-refractivity contribution in [3.8, 4) is 5.75 Å². The van der Waals surface area contributed by atoms with E-state index in [0.29, 0.717) is 12.5 Å². The van der Waals surface area contributed by atoms with E-state index in [1.807, 2.05) is 49.4 Å². The van der Waals surface area contributed by atoms with Crippen molar-refractivity contribution in [1.29, 1.82) is 0 Å². The number of hydrogen-bond donors (Lipinski definition) is 0. The first-order valence-electron chi connectivity index (χ1n) is 7.03. The zero-order valence-electron chi connectivity index (χ0n) is 11.9. The number of anilines is 1. The maximum atomic E-state index is 6.08. The molecule has 2 aromatic rings. The Hall–Kier alpha value is -2.00. The average molecular weight is 301 g/mol. The van der Waals surface area contributed by atoms with E-state index in [0.717, 1.165) is 29.5 Å². The number of para-hydroxylation sites is 1. The van der Waals surface area contributed by atoms with Gasteiger partial charge in [-0.25, -0.2) is 4.99 Å². The zero-order chi connectivity index (χ0) is 14.7. The molecule has 0 unspecified atom stereocenters. The zero-order valence-corrected chi connectivity index (χ0v) is 12.7. The molecule has 1 aliphatic heterocycles. The van der Waals surface area contributed by atoms with E-state index in [4.69, 9.17) is 16.3 Å². The molecule has 0 atom stereocenters. The van der Waals surface area contributed by atoms with Crippen molar-refractivity contribution in [1.82, 2.24) is 0 Å². The minimum Gasteiger partial charge on any atom is -0.494 e. The Morgan fingerprint density at radius 2 is 1.90 bits per heavy atom. The van der Waals surface area contributed by atoms with E-state index in [9.17, 15) is 0 Å². The number of halogens is 1. The van der Waals surface area contributed by atoms with Gasteiger partial charge >= 0.3 is 0 Å². The fraction of sp³-hybridized carbons (Fsp3) is 0.235. The lowest BCUT2D eigenvalue weighted by Gasteiger charge is -2.29. The number of fused-ring (bicyclic) bond motifs is 1. The Kier molecular flexibility index (Phi) is 4.11. The van der Waals surface area contributed by atoms with E-state index in [2.05, 4.69) is 16.0 Å². The summed E-state index contributed by atoms with van der Waals surface area (Å²) in [5.74, 6) is 2.14. The van der Waals surface area contributed by atoms with Crippen LogP contribution in [0.1, 0.15) is 12.5 Å². The Morgan fingerprint density at radius 1 is 1.14 bits per heavy atom. The van der Waals surface area contributed by atoms with Gasteiger partial charge in [0.2, 0.25) is 0 Å². The second kappa shape index (κ2) is 6.19. The minimum atomic E-state index is 0.390. The predicted molar refractivity (Wildman–Crippen MR) is 88.1 cm³/mol. The highest BCUT2D eigenvalue weighted by Gasteiger charge is 2.20. The first-order chi connectivity index (χ1) is 10.3. The van der Waals surface area contributed by atoms with Crippen molar-refractivity contribution in [2.45, 2.75) is 13.5 Å². The molecule has 0 amide bonds. The van der Waals surface area contributed by atoms with Crippen LogP contribution < -0.4 is 9.64 Å². The van der Waals surface area contributed by atoms with Crippen LogP contribution in [0.4, 0.5) is 11.4 Å². The number of hydrogen-bond acceptors (Lipinski definition) is 3. The molecule has 3 rings (SSSR count). The first-order valence-corrected chi connectivity index (χ1v) is 7.57. The topological polar surface area (TPSA) is 24.8 Å². The van der Waals surface area contributed by atoms with Gasteiger partial charge in [0.05, 0.1) is 24.7 Å². The van der Waals surface area contributed by atoms with Crippen LogP contribution in [0.5, 0.6) is 5.75 Å². The Bertz CT molecular complexity index is 652. The molecule has 1 heterocycles. The van der Waals surface area contributed by atoms with Crippen LogP contribution in [0.3, 0.4) is 0 Å². The summed E-state index contributed by atoms with van der Waals surface area (Å²) >= 11 is 6.08. The molecule has 0 aromatic heterocycles. The molecule has 1 aliphatic rings. The number of benzene rings is 2. The van der Waals surface area contributed by atoms with Crippen LogP contribution in [0.2, 0.25) is 0 Å². The minimum absolute atomic E-state index is 0.390. The number of aliphatic imine (C=N–C) groups is 1. The maximum absolute atomic E-state index is 6.08. The van der Waals surface area contributed by atoms with Crippen molar-refractivity contribution >= 4 is 28.8 Å². The fourth-order valence-corrected chi connectivity index (χ4v) is 2.65. The average Bonchev–Trinajstić information content (AvgIpc) is 2.54. The number of nitrogens with zero attached hydrogens (tertiary/aromatic N) is 2. The second-order valence-electron chi connectivity index (χ2n) is 4.80. The van der Waals surface area contributed by atoms with Gasteiger partial charge in [-0.1, -0.05) is 18.2 Å². The van der Waals surface area contributed by atoms with E-state index in [-0.39, 0.29) is 0 Å². The molecule has 0 spiro atoms. The van der Waals surface area contributed by atoms with E-state index < -0.39 is 0 Å². The fourth-order valence-electron chi connectivity index (χ4n) is 2.45. The lowest BCUT2D eigenvalue weighted by molar-refractivity contribution is 0.340. The molecule has 4 heteroatoms. The summed E-state index contributed by atoms with van der Waals surface area (Å²) in [6, 6.07) is 16.2. The van der Waals surface area contributed by atoms with Crippen LogP contribution in [0, 0.1) is 0 Å². The largest absolute Gasteiger partial charge is 0.494 e. The molecule has 0 N–H and O–H groups in total. The molecule has 0 saturated heterocycles. The van der Waals surface area contributed by atoms with Gasteiger partial charge in [0, 0.05) is 5.69 Å². The molecule has 108 valence electrons. The van der Waals surface area contributed by atoms with E-state index in [1.165, 1.54) is 5.56 Å². The molecular formula is C17H17ClN2O. The quantitative estimate of drug-likeness (QED) is 0.783. The van der Waals surface area contributed by atoms with Crippen molar-refractivity contribution in [2.24, 2.45) is 4.99 Å². The van der Waals surface area contributed by atoms with Crippen molar-refractivity contribution in [2.75, 3.05) is 17.4 Å². The van der Waals surface area contributed by atoms with Gasteiger partial charge in [-0.3, -0.25) is 0 Å². The summed E-state index contributed by atoms with van der Waals surface area (Å²) in [5, 5.41) is 0. The van der Waals surface area contributed by atoms with Gasteiger partial charge in [0.1, 0.15) is 11.6 Å². The highest BCUT2D eigenvalue weighted by molar-refractivity contribution is 6.31. The highest BCUT2D eigenvalue weighted by atomic mass is 35.5. The first kappa shape index (κ1) is 14.0. The van der Waals surface area contributed by atoms with Gasteiger partial charge in [-0.2, -0.15) is 0 Å². The number of alkyl halides is 1. The molecule has 0 saturated carbocycles. The van der Waals surface area contributed by atoms with Gasteiger partial charge in [-0.15, -0.1) is 11.6 Å². The number of ether oxygens (including phenoxy) is 1. The van der Waals surface area contributed by atoms with E-state index in [1.54, 1.807) is 0 Å². The van der Waals surface area contributed by atoms with Gasteiger partial charge in [0.25, 0.3) is 0 Å². The Morgan fingerprint density at radius 3 is 2.62 bits per heavy atom. The summed E-state index contributed by atoms with van der Waals surface area (Å²) in [5.41, 5.74) is 3.29. The summed E-state index contributed by atoms with van der Waals surface area (Å²) in [6.45, 7) is 3.44. The molecule has 0 radical (unpaired) electrons. The number of rotatable bonds is 4. The maximum Gasteiger partial charge on any atom is 0.125 e. The molecule has 0 aliphatic carbocycles. The van der Waals surface area contributed by atoms with E-state index >= 15 is 0 Å². The van der Waals surface area contributed by atoms with Gasteiger partial charge in [0.15, 0.2) is 0 Å². The van der Waals surface area contributed by atoms with Crippen LogP contribution in [0.15, 0.2) is 53.5 Å². The molecule has 2 aromatic carbocycles. The third kappa shape index (κ3) is 2.88. The standard InChI is InChI=1S/C17H17ClN2O/c1-2-21-15-9-7-14(8-10-15)20-12-13-5-3-4-6-16(13)19-17(20)11-18/h3-10H,2,11-12H2,1H3. The van der Waals surface area contributed by atoms with Crippen molar-refractivity contribution < 1.29 is 4.74 Å². The normalized spacial score (nSPS) is 13.6. The molecular weight excluding hydrogens is 284 g/mol. The Labute approximate surface area is 129 Å².